The average Bonchev–Trinajstić information content (AvgIpc) is 3.38. The van der Waals surface area contributed by atoms with Crippen molar-refractivity contribution >= 4 is 45.4 Å². The number of hydrogen-bond acceptors (Lipinski definition) is 6. The maximum absolute atomic E-state index is 12.9. The Kier molecular flexibility index (Phi) is 6.24. The highest BCUT2D eigenvalue weighted by Gasteiger charge is 2.23. The summed E-state index contributed by atoms with van der Waals surface area (Å²) >= 11 is 0. The molecule has 2 heterocycles. The minimum absolute atomic E-state index is 0.173. The Morgan fingerprint density at radius 1 is 0.868 bits per heavy atom. The van der Waals surface area contributed by atoms with E-state index >= 15 is 0 Å². The van der Waals surface area contributed by atoms with Crippen LogP contribution < -0.4 is 15.0 Å². The Balaban J connectivity index is 1.14. The van der Waals surface area contributed by atoms with Crippen LogP contribution in [-0.2, 0) is 6.42 Å². The van der Waals surface area contributed by atoms with Crippen molar-refractivity contribution in [1.29, 1.82) is 0 Å². The molecular formula is C31H25N5O2. The van der Waals surface area contributed by atoms with Crippen LogP contribution in [0.25, 0.3) is 10.9 Å². The fourth-order valence-electron chi connectivity index (χ4n) is 4.53. The van der Waals surface area contributed by atoms with Gasteiger partial charge in [-0.25, -0.2) is 4.98 Å². The standard InChI is InChI=1S/C31H25N5O2/c1-38-28-16-9-22-19-23-17-18-36(30(23)33-29(22)20-28)27-14-7-21(8-15-27)31(37)32-24-10-12-26(13-11-24)35-34-25-5-3-2-4-6-25/h2-16,19-20H,17-18H2,1H3,(H,32,37). The second-order valence-electron chi connectivity index (χ2n) is 9.01. The van der Waals surface area contributed by atoms with Crippen molar-refractivity contribution < 1.29 is 9.53 Å². The smallest absolute Gasteiger partial charge is 0.255 e. The molecule has 7 nitrogen and oxygen atoms in total. The minimum atomic E-state index is -0.173. The molecule has 1 aliphatic heterocycles. The number of carbonyl (C=O) groups excluding carboxylic acids is 1. The van der Waals surface area contributed by atoms with Crippen LogP contribution in [0.3, 0.4) is 0 Å². The van der Waals surface area contributed by atoms with Gasteiger partial charge in [0.05, 0.1) is 24.0 Å². The van der Waals surface area contributed by atoms with Gasteiger partial charge in [-0.05, 0) is 90.8 Å². The highest BCUT2D eigenvalue weighted by molar-refractivity contribution is 6.04. The highest BCUT2D eigenvalue weighted by atomic mass is 16.5. The Morgan fingerprint density at radius 3 is 2.34 bits per heavy atom. The van der Waals surface area contributed by atoms with Gasteiger partial charge in [0.1, 0.15) is 11.6 Å². The molecule has 6 rings (SSSR count). The topological polar surface area (TPSA) is 79.2 Å². The summed E-state index contributed by atoms with van der Waals surface area (Å²) in [7, 11) is 1.66. The zero-order chi connectivity index (χ0) is 25.9. The largest absolute Gasteiger partial charge is 0.497 e. The van der Waals surface area contributed by atoms with E-state index in [9.17, 15) is 4.79 Å². The number of ether oxygens (including phenoxy) is 1. The van der Waals surface area contributed by atoms with Gasteiger partial charge in [-0.2, -0.15) is 10.2 Å². The summed E-state index contributed by atoms with van der Waals surface area (Å²) in [5.41, 5.74) is 5.89. The number of aromatic nitrogens is 1. The molecule has 0 fully saturated rings. The van der Waals surface area contributed by atoms with Gasteiger partial charge in [-0.3, -0.25) is 4.79 Å². The van der Waals surface area contributed by atoms with Gasteiger partial charge < -0.3 is 15.0 Å². The molecule has 0 bridgehead atoms. The number of carbonyl (C=O) groups is 1. The van der Waals surface area contributed by atoms with Crippen molar-refractivity contribution in [2.75, 3.05) is 23.9 Å². The van der Waals surface area contributed by atoms with Crippen LogP contribution in [0, 0.1) is 0 Å². The second-order valence-corrected chi connectivity index (χ2v) is 9.01. The van der Waals surface area contributed by atoms with Crippen LogP contribution in [0.4, 0.5) is 28.6 Å². The number of anilines is 3. The predicted molar refractivity (Wildman–Crippen MR) is 150 cm³/mol. The van der Waals surface area contributed by atoms with Crippen molar-refractivity contribution in [3.05, 3.63) is 114 Å². The van der Waals surface area contributed by atoms with Crippen molar-refractivity contribution in [1.82, 2.24) is 4.98 Å². The van der Waals surface area contributed by atoms with Gasteiger partial charge in [0, 0.05) is 34.9 Å². The Labute approximate surface area is 220 Å². The summed E-state index contributed by atoms with van der Waals surface area (Å²) in [5, 5.41) is 12.5. The molecule has 38 heavy (non-hydrogen) atoms. The van der Waals surface area contributed by atoms with E-state index in [4.69, 9.17) is 9.72 Å². The first-order chi connectivity index (χ1) is 18.7. The van der Waals surface area contributed by atoms with E-state index in [1.807, 2.05) is 97.1 Å². The summed E-state index contributed by atoms with van der Waals surface area (Å²) in [6.07, 6.45) is 0.924. The monoisotopic (exact) mass is 499 g/mol. The third-order valence-corrected chi connectivity index (χ3v) is 6.54. The normalized spacial score (nSPS) is 12.6. The third-order valence-electron chi connectivity index (χ3n) is 6.54. The molecular weight excluding hydrogens is 474 g/mol. The lowest BCUT2D eigenvalue weighted by molar-refractivity contribution is 0.102. The number of benzene rings is 4. The first-order valence-electron chi connectivity index (χ1n) is 12.4. The molecule has 0 saturated heterocycles. The van der Waals surface area contributed by atoms with Gasteiger partial charge in [0.15, 0.2) is 0 Å². The van der Waals surface area contributed by atoms with Crippen molar-refractivity contribution in [3.8, 4) is 5.75 Å². The molecule has 0 aliphatic carbocycles. The number of rotatable bonds is 6. The lowest BCUT2D eigenvalue weighted by Crippen LogP contribution is -2.15. The van der Waals surface area contributed by atoms with Gasteiger partial charge in [-0.15, -0.1) is 0 Å². The fourth-order valence-corrected chi connectivity index (χ4v) is 4.53. The molecule has 5 aromatic rings. The SMILES string of the molecule is COc1ccc2cc3c(nc2c1)N(c1ccc(C(=O)Nc2ccc(N=Nc4ccccc4)cc2)cc1)CC3. The maximum atomic E-state index is 12.9. The van der Waals surface area contributed by atoms with Crippen LogP contribution >= 0.6 is 0 Å². The van der Waals surface area contributed by atoms with Crippen molar-refractivity contribution in [3.63, 3.8) is 0 Å². The number of hydrogen-bond donors (Lipinski definition) is 1. The summed E-state index contributed by atoms with van der Waals surface area (Å²) < 4.78 is 5.36. The zero-order valence-corrected chi connectivity index (χ0v) is 20.8. The molecule has 0 unspecified atom stereocenters. The maximum Gasteiger partial charge on any atom is 0.255 e. The van der Waals surface area contributed by atoms with Crippen LogP contribution in [-0.4, -0.2) is 24.5 Å². The van der Waals surface area contributed by atoms with E-state index in [0.29, 0.717) is 16.9 Å². The van der Waals surface area contributed by atoms with E-state index in [-0.39, 0.29) is 5.91 Å². The quantitative estimate of drug-likeness (QED) is 0.244. The lowest BCUT2D eigenvalue weighted by atomic mass is 10.1. The molecule has 4 aromatic carbocycles. The zero-order valence-electron chi connectivity index (χ0n) is 20.8. The van der Waals surface area contributed by atoms with Crippen molar-refractivity contribution in [2.24, 2.45) is 10.2 Å². The average molecular weight is 500 g/mol. The van der Waals surface area contributed by atoms with Crippen LogP contribution in [0.2, 0.25) is 0 Å². The molecule has 1 aliphatic rings. The lowest BCUT2D eigenvalue weighted by Gasteiger charge is -2.19. The molecule has 186 valence electrons. The summed E-state index contributed by atoms with van der Waals surface area (Å²) in [5.74, 6) is 1.57. The Hall–Kier alpha value is -5.04. The molecule has 1 N–H and O–H groups in total. The van der Waals surface area contributed by atoms with E-state index in [1.165, 1.54) is 5.56 Å². The Bertz CT molecular complexity index is 1630. The summed E-state index contributed by atoms with van der Waals surface area (Å²) in [6, 6.07) is 32.6. The van der Waals surface area contributed by atoms with Crippen molar-refractivity contribution in [2.45, 2.75) is 6.42 Å². The number of azo groups is 1. The van der Waals surface area contributed by atoms with E-state index in [1.54, 1.807) is 7.11 Å². The number of amides is 1. The van der Waals surface area contributed by atoms with Gasteiger partial charge >= 0.3 is 0 Å². The van der Waals surface area contributed by atoms with Gasteiger partial charge in [-0.1, -0.05) is 18.2 Å². The molecule has 0 saturated carbocycles. The molecule has 0 radical (unpaired) electrons. The number of pyridine rings is 1. The van der Waals surface area contributed by atoms with E-state index in [2.05, 4.69) is 26.5 Å². The predicted octanol–water partition coefficient (Wildman–Crippen LogP) is 7.61. The third kappa shape index (κ3) is 4.82. The first kappa shape index (κ1) is 23.4. The van der Waals surface area contributed by atoms with Crippen LogP contribution in [0.1, 0.15) is 15.9 Å². The van der Waals surface area contributed by atoms with Gasteiger partial charge in [0.25, 0.3) is 5.91 Å². The summed E-state index contributed by atoms with van der Waals surface area (Å²) in [4.78, 5) is 20.0. The molecule has 1 amide bonds. The summed E-state index contributed by atoms with van der Waals surface area (Å²) in [6.45, 7) is 0.843. The Morgan fingerprint density at radius 2 is 1.61 bits per heavy atom. The number of methoxy groups -OCH3 is 1. The van der Waals surface area contributed by atoms with E-state index < -0.39 is 0 Å². The first-order valence-corrected chi connectivity index (χ1v) is 12.4. The number of nitrogens with one attached hydrogen (secondary N) is 1. The van der Waals surface area contributed by atoms with E-state index in [0.717, 1.165) is 46.8 Å². The second kappa shape index (κ2) is 10.1. The molecule has 0 atom stereocenters. The van der Waals surface area contributed by atoms with Crippen LogP contribution in [0.15, 0.2) is 113 Å². The number of nitrogens with zero attached hydrogens (tertiary/aromatic N) is 4. The minimum Gasteiger partial charge on any atom is -0.497 e. The fraction of sp³-hybridized carbons (Fsp3) is 0.0968. The highest BCUT2D eigenvalue weighted by Crippen LogP contribution is 2.35. The molecule has 7 heteroatoms. The molecule has 1 aromatic heterocycles. The molecule has 0 spiro atoms. The number of fused-ring (bicyclic) bond motifs is 2. The van der Waals surface area contributed by atoms with Gasteiger partial charge in [0.2, 0.25) is 0 Å². The van der Waals surface area contributed by atoms with Crippen LogP contribution in [0.5, 0.6) is 5.75 Å².